The smallest absolute Gasteiger partial charge is 0.317 e. The molecule has 178 valence electrons. The van der Waals surface area contributed by atoms with Gasteiger partial charge in [-0.05, 0) is 25.5 Å². The van der Waals surface area contributed by atoms with Gasteiger partial charge in [0.15, 0.2) is 0 Å². The molecule has 0 bridgehead atoms. The van der Waals surface area contributed by atoms with Crippen molar-refractivity contribution < 1.29 is 23.9 Å². The van der Waals surface area contributed by atoms with Gasteiger partial charge in [0.1, 0.15) is 12.4 Å². The predicted molar refractivity (Wildman–Crippen MR) is 123 cm³/mol. The van der Waals surface area contributed by atoms with Crippen LogP contribution in [0.15, 0.2) is 18.2 Å². The van der Waals surface area contributed by atoms with Crippen molar-refractivity contribution in [2.75, 3.05) is 45.7 Å². The molecular weight excluding hydrogens is 412 g/mol. The van der Waals surface area contributed by atoms with Crippen LogP contribution < -0.4 is 15.4 Å². The second-order valence-electron chi connectivity index (χ2n) is 8.37. The number of urea groups is 1. The first-order chi connectivity index (χ1) is 15.2. The van der Waals surface area contributed by atoms with Crippen molar-refractivity contribution in [3.8, 4) is 5.75 Å². The van der Waals surface area contributed by atoms with Gasteiger partial charge in [0.25, 0.3) is 5.91 Å². The van der Waals surface area contributed by atoms with E-state index >= 15 is 0 Å². The minimum absolute atomic E-state index is 0.00823. The lowest BCUT2D eigenvalue weighted by Crippen LogP contribution is -2.51. The summed E-state index contributed by atoms with van der Waals surface area (Å²) in [6.45, 7) is 8.95. The Morgan fingerprint density at radius 2 is 1.97 bits per heavy atom. The highest BCUT2D eigenvalue weighted by Gasteiger charge is 2.30. The first-order valence-electron chi connectivity index (χ1n) is 11.0. The number of likely N-dealkylation sites (N-methyl/N-ethyl adjacent to an activating group) is 1. The van der Waals surface area contributed by atoms with E-state index in [1.807, 2.05) is 20.8 Å². The van der Waals surface area contributed by atoms with E-state index in [9.17, 15) is 14.4 Å². The standard InChI is InChI=1S/C23H36N4O5/c1-7-10-24-23(30)27-12-15(2)21(31-6)13-26(5)22(29)19-9-8-18(25-17(4)28)11-20(19)32-14-16(27)3/h8-9,11,15-16,21H,7,10,12-14H2,1-6H3,(H,24,30)(H,25,28)/t15-,16+,21-/m1/s1. The number of hydrogen-bond donors (Lipinski definition) is 2. The van der Waals surface area contributed by atoms with Crippen molar-refractivity contribution in [1.82, 2.24) is 15.1 Å². The zero-order valence-electron chi connectivity index (χ0n) is 19.9. The summed E-state index contributed by atoms with van der Waals surface area (Å²) in [5.74, 6) is -0.0671. The molecule has 9 nitrogen and oxygen atoms in total. The van der Waals surface area contributed by atoms with Crippen LogP contribution in [0, 0.1) is 5.92 Å². The number of methoxy groups -OCH3 is 1. The number of rotatable bonds is 4. The zero-order valence-corrected chi connectivity index (χ0v) is 19.9. The Labute approximate surface area is 190 Å². The number of hydrogen-bond acceptors (Lipinski definition) is 5. The molecule has 0 fully saturated rings. The molecule has 0 unspecified atom stereocenters. The van der Waals surface area contributed by atoms with E-state index in [2.05, 4.69) is 10.6 Å². The normalized spacial score (nSPS) is 22.2. The van der Waals surface area contributed by atoms with Crippen LogP contribution in [0.3, 0.4) is 0 Å². The van der Waals surface area contributed by atoms with E-state index in [4.69, 9.17) is 9.47 Å². The zero-order chi connectivity index (χ0) is 23.8. The van der Waals surface area contributed by atoms with Gasteiger partial charge < -0.3 is 29.9 Å². The van der Waals surface area contributed by atoms with Crippen LogP contribution in [0.4, 0.5) is 10.5 Å². The SMILES string of the molecule is CCCNC(=O)N1C[C@@H](C)[C@H](OC)CN(C)C(=O)c2ccc(NC(C)=O)cc2OC[C@@H]1C. The lowest BCUT2D eigenvalue weighted by atomic mass is 10.0. The lowest BCUT2D eigenvalue weighted by molar-refractivity contribution is -0.114. The summed E-state index contributed by atoms with van der Waals surface area (Å²) in [5.41, 5.74) is 0.922. The number of amides is 4. The molecule has 1 aromatic rings. The number of fused-ring (bicyclic) bond motifs is 1. The molecule has 0 aliphatic carbocycles. The molecule has 3 atom stereocenters. The van der Waals surface area contributed by atoms with Crippen LogP contribution in [-0.4, -0.2) is 80.2 Å². The second kappa shape index (κ2) is 11.7. The maximum Gasteiger partial charge on any atom is 0.317 e. The minimum atomic E-state index is -0.253. The van der Waals surface area contributed by atoms with Crippen molar-refractivity contribution in [3.63, 3.8) is 0 Å². The summed E-state index contributed by atoms with van der Waals surface area (Å²) in [6.07, 6.45) is 0.590. The van der Waals surface area contributed by atoms with Crippen LogP contribution >= 0.6 is 0 Å². The lowest BCUT2D eigenvalue weighted by Gasteiger charge is -2.36. The van der Waals surface area contributed by atoms with Gasteiger partial charge in [-0.15, -0.1) is 0 Å². The summed E-state index contributed by atoms with van der Waals surface area (Å²) < 4.78 is 11.7. The maximum absolute atomic E-state index is 13.2. The Morgan fingerprint density at radius 3 is 2.59 bits per heavy atom. The van der Waals surface area contributed by atoms with Crippen molar-refractivity contribution in [3.05, 3.63) is 23.8 Å². The van der Waals surface area contributed by atoms with Crippen molar-refractivity contribution in [2.45, 2.75) is 46.3 Å². The van der Waals surface area contributed by atoms with E-state index in [1.54, 1.807) is 42.2 Å². The quantitative estimate of drug-likeness (QED) is 0.737. The highest BCUT2D eigenvalue weighted by molar-refractivity contribution is 5.98. The molecule has 0 aromatic heterocycles. The fourth-order valence-electron chi connectivity index (χ4n) is 3.67. The Kier molecular flexibility index (Phi) is 9.31. The third-order valence-corrected chi connectivity index (χ3v) is 5.55. The first kappa shape index (κ1) is 25.5. The van der Waals surface area contributed by atoms with E-state index in [1.165, 1.54) is 6.92 Å². The topological polar surface area (TPSA) is 100 Å². The van der Waals surface area contributed by atoms with E-state index in [-0.39, 0.29) is 42.5 Å². The Hall–Kier alpha value is -2.81. The molecule has 2 rings (SSSR count). The molecular formula is C23H36N4O5. The highest BCUT2D eigenvalue weighted by atomic mass is 16.5. The van der Waals surface area contributed by atoms with Crippen LogP contribution in [0.2, 0.25) is 0 Å². The molecule has 0 saturated heterocycles. The monoisotopic (exact) mass is 448 g/mol. The molecule has 0 radical (unpaired) electrons. The van der Waals surface area contributed by atoms with Crippen LogP contribution in [-0.2, 0) is 9.53 Å². The van der Waals surface area contributed by atoms with Crippen molar-refractivity contribution in [1.29, 1.82) is 0 Å². The fraction of sp³-hybridized carbons (Fsp3) is 0.609. The number of benzene rings is 1. The second-order valence-corrected chi connectivity index (χ2v) is 8.37. The van der Waals surface area contributed by atoms with Gasteiger partial charge in [-0.2, -0.15) is 0 Å². The maximum atomic E-state index is 13.2. The molecule has 1 aromatic carbocycles. The van der Waals surface area contributed by atoms with E-state index in [0.717, 1.165) is 6.42 Å². The predicted octanol–water partition coefficient (Wildman–Crippen LogP) is 2.57. The number of ether oxygens (including phenoxy) is 2. The van der Waals surface area contributed by atoms with Crippen LogP contribution in [0.25, 0.3) is 0 Å². The third-order valence-electron chi connectivity index (χ3n) is 5.55. The van der Waals surface area contributed by atoms with Crippen LogP contribution in [0.5, 0.6) is 5.75 Å². The molecule has 0 saturated carbocycles. The highest BCUT2D eigenvalue weighted by Crippen LogP contribution is 2.26. The van der Waals surface area contributed by atoms with Gasteiger partial charge in [-0.1, -0.05) is 13.8 Å². The van der Waals surface area contributed by atoms with Crippen LogP contribution in [0.1, 0.15) is 44.5 Å². The summed E-state index contributed by atoms with van der Waals surface area (Å²) in [5, 5.41) is 5.65. The summed E-state index contributed by atoms with van der Waals surface area (Å²) in [4.78, 5) is 40.8. The van der Waals surface area contributed by atoms with Gasteiger partial charge in [0.05, 0.1) is 17.7 Å². The number of nitrogens with zero attached hydrogens (tertiary/aromatic N) is 2. The molecule has 4 amide bonds. The average Bonchev–Trinajstić information content (AvgIpc) is 2.75. The summed E-state index contributed by atoms with van der Waals surface area (Å²) >= 11 is 0. The number of nitrogens with one attached hydrogen (secondary N) is 2. The fourth-order valence-corrected chi connectivity index (χ4v) is 3.67. The van der Waals surface area contributed by atoms with Gasteiger partial charge in [-0.25, -0.2) is 4.79 Å². The van der Waals surface area contributed by atoms with E-state index < -0.39 is 0 Å². The largest absolute Gasteiger partial charge is 0.491 e. The van der Waals surface area contributed by atoms with Crippen molar-refractivity contribution in [2.24, 2.45) is 5.92 Å². The number of anilines is 1. The molecule has 2 N–H and O–H groups in total. The minimum Gasteiger partial charge on any atom is -0.491 e. The van der Waals surface area contributed by atoms with Gasteiger partial charge >= 0.3 is 6.03 Å². The van der Waals surface area contributed by atoms with Gasteiger partial charge in [0, 0.05) is 58.4 Å². The summed E-state index contributed by atoms with van der Waals surface area (Å²) in [6, 6.07) is 4.55. The average molecular weight is 449 g/mol. The van der Waals surface area contributed by atoms with Gasteiger partial charge in [-0.3, -0.25) is 9.59 Å². The number of carbonyl (C=O) groups is 3. The third kappa shape index (κ3) is 6.59. The molecule has 9 heteroatoms. The number of carbonyl (C=O) groups excluding carboxylic acids is 3. The Balaban J connectivity index is 2.42. The molecule has 0 spiro atoms. The Morgan fingerprint density at radius 1 is 1.25 bits per heavy atom. The van der Waals surface area contributed by atoms with Crippen molar-refractivity contribution >= 4 is 23.5 Å². The molecule has 1 aliphatic heterocycles. The first-order valence-corrected chi connectivity index (χ1v) is 11.0. The van der Waals surface area contributed by atoms with E-state index in [0.29, 0.717) is 36.6 Å². The molecule has 32 heavy (non-hydrogen) atoms. The molecule has 1 aliphatic rings. The Bertz CT molecular complexity index is 816. The molecule has 1 heterocycles. The summed E-state index contributed by atoms with van der Waals surface area (Å²) in [7, 11) is 3.33. The van der Waals surface area contributed by atoms with Gasteiger partial charge in [0.2, 0.25) is 5.91 Å².